The number of nitrogens with one attached hydrogen (secondary N) is 1. The Balaban J connectivity index is 1.32. The van der Waals surface area contributed by atoms with Crippen molar-refractivity contribution in [2.75, 3.05) is 16.8 Å². The summed E-state index contributed by atoms with van der Waals surface area (Å²) in [7, 11) is 0. The molecule has 4 rings (SSSR count). The van der Waals surface area contributed by atoms with Crippen LogP contribution < -0.4 is 15.0 Å². The van der Waals surface area contributed by atoms with Gasteiger partial charge in [-0.05, 0) is 59.0 Å². The molecule has 0 bridgehead atoms. The molecule has 0 saturated carbocycles. The number of rotatable bonds is 5. The molecule has 5 heteroatoms. The van der Waals surface area contributed by atoms with Crippen molar-refractivity contribution in [3.05, 3.63) is 89.5 Å². The zero-order chi connectivity index (χ0) is 22.0. The minimum atomic E-state index is -0.239. The monoisotopic (exact) mass is 414 g/mol. The number of nitrogens with zero attached hydrogens (tertiary/aromatic N) is 1. The fourth-order valence-electron chi connectivity index (χ4n) is 3.58. The molecule has 0 saturated heterocycles. The molecule has 1 N–H and O–H groups in total. The lowest BCUT2D eigenvalue weighted by Gasteiger charge is -2.19. The van der Waals surface area contributed by atoms with Gasteiger partial charge in [0.05, 0.1) is 6.54 Å². The second kappa shape index (κ2) is 8.26. The van der Waals surface area contributed by atoms with Crippen LogP contribution in [0.2, 0.25) is 0 Å². The number of hydrogen-bond donors (Lipinski definition) is 1. The van der Waals surface area contributed by atoms with Crippen molar-refractivity contribution in [1.29, 1.82) is 0 Å². The topological polar surface area (TPSA) is 58.6 Å². The van der Waals surface area contributed by atoms with Gasteiger partial charge in [0.25, 0.3) is 11.8 Å². The number of ether oxygens (including phenoxy) is 1. The molecular formula is C26H26N2O3. The van der Waals surface area contributed by atoms with Gasteiger partial charge in [0.15, 0.2) is 6.61 Å². The number of amides is 2. The largest absolute Gasteiger partial charge is 0.484 e. The molecule has 0 unspecified atom stereocenters. The second-order valence-corrected chi connectivity index (χ2v) is 8.71. The highest BCUT2D eigenvalue weighted by Gasteiger charge is 2.27. The smallest absolute Gasteiger partial charge is 0.262 e. The quantitative estimate of drug-likeness (QED) is 0.627. The first-order valence-corrected chi connectivity index (χ1v) is 10.3. The van der Waals surface area contributed by atoms with Crippen LogP contribution in [0.4, 0.5) is 11.4 Å². The highest BCUT2D eigenvalue weighted by atomic mass is 16.5. The molecule has 1 aliphatic rings. The summed E-state index contributed by atoms with van der Waals surface area (Å²) in [6.45, 7) is 6.94. The summed E-state index contributed by atoms with van der Waals surface area (Å²) < 4.78 is 5.60. The lowest BCUT2D eigenvalue weighted by atomic mass is 9.87. The highest BCUT2D eigenvalue weighted by Crippen LogP contribution is 2.29. The molecule has 2 amide bonds. The number of carbonyl (C=O) groups excluding carboxylic acids is 2. The minimum absolute atomic E-state index is 0.00161. The van der Waals surface area contributed by atoms with Crippen LogP contribution in [0, 0.1) is 0 Å². The fourth-order valence-corrected chi connectivity index (χ4v) is 3.58. The van der Waals surface area contributed by atoms with E-state index in [0.717, 1.165) is 16.8 Å². The standard InChI is InChI=1S/C26H26N2O3/c1-26(2,3)19-8-14-22(15-9-19)31-17-24(29)27-20-10-12-21(13-11-20)28-16-18-6-4-5-7-23(18)25(28)30/h4-15H,16-17H2,1-3H3,(H,27,29). The van der Waals surface area contributed by atoms with E-state index >= 15 is 0 Å². The summed E-state index contributed by atoms with van der Waals surface area (Å²) in [4.78, 5) is 26.6. The summed E-state index contributed by atoms with van der Waals surface area (Å²) in [5, 5.41) is 2.83. The Bertz CT molecular complexity index is 1100. The molecule has 0 fully saturated rings. The number of benzene rings is 3. The number of anilines is 2. The molecule has 0 radical (unpaired) electrons. The summed E-state index contributed by atoms with van der Waals surface area (Å²) in [5.74, 6) is 0.418. The number of fused-ring (bicyclic) bond motifs is 1. The third-order valence-electron chi connectivity index (χ3n) is 5.37. The molecule has 0 aliphatic carbocycles. The van der Waals surface area contributed by atoms with Gasteiger partial charge in [0, 0.05) is 16.9 Å². The Morgan fingerprint density at radius 1 is 0.968 bits per heavy atom. The molecule has 0 aromatic heterocycles. The summed E-state index contributed by atoms with van der Waals surface area (Å²) in [5.41, 5.74) is 4.51. The van der Waals surface area contributed by atoms with Crippen LogP contribution in [0.3, 0.4) is 0 Å². The van der Waals surface area contributed by atoms with E-state index < -0.39 is 0 Å². The molecule has 31 heavy (non-hydrogen) atoms. The maximum atomic E-state index is 12.6. The van der Waals surface area contributed by atoms with Crippen molar-refractivity contribution in [2.24, 2.45) is 0 Å². The summed E-state index contributed by atoms with van der Waals surface area (Å²) >= 11 is 0. The third kappa shape index (κ3) is 4.61. The van der Waals surface area contributed by atoms with Crippen LogP contribution >= 0.6 is 0 Å². The Hall–Kier alpha value is -3.60. The van der Waals surface area contributed by atoms with Gasteiger partial charge < -0.3 is 15.0 Å². The average Bonchev–Trinajstić information content (AvgIpc) is 3.09. The van der Waals surface area contributed by atoms with E-state index in [1.807, 2.05) is 60.7 Å². The molecule has 1 heterocycles. The second-order valence-electron chi connectivity index (χ2n) is 8.71. The zero-order valence-corrected chi connectivity index (χ0v) is 18.0. The lowest BCUT2D eigenvalue weighted by molar-refractivity contribution is -0.118. The van der Waals surface area contributed by atoms with Gasteiger partial charge in [-0.15, -0.1) is 0 Å². The molecule has 0 atom stereocenters. The van der Waals surface area contributed by atoms with E-state index in [0.29, 0.717) is 18.0 Å². The lowest BCUT2D eigenvalue weighted by Crippen LogP contribution is -2.23. The highest BCUT2D eigenvalue weighted by molar-refractivity contribution is 6.10. The minimum Gasteiger partial charge on any atom is -0.484 e. The van der Waals surface area contributed by atoms with Crippen LogP contribution in [-0.2, 0) is 16.8 Å². The maximum Gasteiger partial charge on any atom is 0.262 e. The molecule has 158 valence electrons. The predicted molar refractivity (Wildman–Crippen MR) is 123 cm³/mol. The SMILES string of the molecule is CC(C)(C)c1ccc(OCC(=O)Nc2ccc(N3Cc4ccccc4C3=O)cc2)cc1. The van der Waals surface area contributed by atoms with Gasteiger partial charge in [-0.25, -0.2) is 0 Å². The summed E-state index contributed by atoms with van der Waals surface area (Å²) in [6.07, 6.45) is 0. The van der Waals surface area contributed by atoms with Gasteiger partial charge in [-0.2, -0.15) is 0 Å². The van der Waals surface area contributed by atoms with Crippen LogP contribution in [0.15, 0.2) is 72.8 Å². The third-order valence-corrected chi connectivity index (χ3v) is 5.37. The van der Waals surface area contributed by atoms with Crippen LogP contribution in [-0.4, -0.2) is 18.4 Å². The Kier molecular flexibility index (Phi) is 5.51. The van der Waals surface area contributed by atoms with E-state index in [2.05, 4.69) is 26.1 Å². The van der Waals surface area contributed by atoms with Crippen LogP contribution in [0.25, 0.3) is 0 Å². The molecule has 0 spiro atoms. The number of hydrogen-bond acceptors (Lipinski definition) is 3. The van der Waals surface area contributed by atoms with E-state index in [1.165, 1.54) is 5.56 Å². The van der Waals surface area contributed by atoms with Crippen LogP contribution in [0.5, 0.6) is 5.75 Å². The number of carbonyl (C=O) groups is 2. The molecule has 5 nitrogen and oxygen atoms in total. The van der Waals surface area contributed by atoms with Gasteiger partial charge in [-0.1, -0.05) is 51.1 Å². The zero-order valence-electron chi connectivity index (χ0n) is 18.0. The molecule has 3 aromatic rings. The van der Waals surface area contributed by atoms with Crippen molar-refractivity contribution < 1.29 is 14.3 Å². The van der Waals surface area contributed by atoms with Gasteiger partial charge >= 0.3 is 0 Å². The Morgan fingerprint density at radius 3 is 2.29 bits per heavy atom. The van der Waals surface area contributed by atoms with Crippen molar-refractivity contribution in [1.82, 2.24) is 0 Å². The van der Waals surface area contributed by atoms with Crippen molar-refractivity contribution in [3.8, 4) is 5.75 Å². The van der Waals surface area contributed by atoms with Gasteiger partial charge in [-0.3, -0.25) is 9.59 Å². The van der Waals surface area contributed by atoms with E-state index in [-0.39, 0.29) is 23.8 Å². The Morgan fingerprint density at radius 2 is 1.65 bits per heavy atom. The summed E-state index contributed by atoms with van der Waals surface area (Å²) in [6, 6.07) is 22.7. The average molecular weight is 415 g/mol. The molecule has 1 aliphatic heterocycles. The predicted octanol–water partition coefficient (Wildman–Crippen LogP) is 5.16. The van der Waals surface area contributed by atoms with Crippen molar-refractivity contribution in [2.45, 2.75) is 32.7 Å². The first kappa shape index (κ1) is 20.7. The van der Waals surface area contributed by atoms with Gasteiger partial charge in [0.2, 0.25) is 0 Å². The first-order valence-electron chi connectivity index (χ1n) is 10.3. The maximum absolute atomic E-state index is 12.6. The van der Waals surface area contributed by atoms with E-state index in [4.69, 9.17) is 4.74 Å². The van der Waals surface area contributed by atoms with Crippen molar-refractivity contribution >= 4 is 23.2 Å². The normalized spacial score (nSPS) is 13.1. The van der Waals surface area contributed by atoms with E-state index in [1.54, 1.807) is 17.0 Å². The van der Waals surface area contributed by atoms with Crippen LogP contribution in [0.1, 0.15) is 42.3 Å². The molecule has 3 aromatic carbocycles. The van der Waals surface area contributed by atoms with Gasteiger partial charge in [0.1, 0.15) is 5.75 Å². The van der Waals surface area contributed by atoms with Crippen molar-refractivity contribution in [3.63, 3.8) is 0 Å². The Labute approximate surface area is 182 Å². The van der Waals surface area contributed by atoms with E-state index in [9.17, 15) is 9.59 Å². The fraction of sp³-hybridized carbons (Fsp3) is 0.231. The first-order chi connectivity index (χ1) is 14.8. The molecular weight excluding hydrogens is 388 g/mol.